The third-order valence-electron chi connectivity index (χ3n) is 3.18. The molecule has 0 aliphatic rings. The van der Waals surface area contributed by atoms with E-state index in [1.807, 2.05) is 0 Å². The molecule has 0 spiro atoms. The van der Waals surface area contributed by atoms with E-state index in [0.717, 1.165) is 19.3 Å². The summed E-state index contributed by atoms with van der Waals surface area (Å²) in [6, 6.07) is 0. The van der Waals surface area contributed by atoms with Crippen molar-refractivity contribution in [3.63, 3.8) is 0 Å². The summed E-state index contributed by atoms with van der Waals surface area (Å²) in [5.74, 6) is -0.738. The zero-order chi connectivity index (χ0) is 15.1. The van der Waals surface area contributed by atoms with Gasteiger partial charge in [0, 0.05) is 0 Å². The monoisotopic (exact) mass is 281 g/mol. The third kappa shape index (κ3) is 10.4. The highest BCUT2D eigenvalue weighted by Gasteiger charge is 2.10. The molecule has 4 nitrogen and oxygen atoms in total. The first-order chi connectivity index (χ1) is 9.76. The van der Waals surface area contributed by atoms with Crippen LogP contribution in [0.3, 0.4) is 0 Å². The summed E-state index contributed by atoms with van der Waals surface area (Å²) in [5, 5.41) is 8.60. The molecular weight excluding hydrogens is 254 g/mol. The Morgan fingerprint density at radius 1 is 1.05 bits per heavy atom. The van der Waals surface area contributed by atoms with Crippen LogP contribution in [0.2, 0.25) is 0 Å². The summed E-state index contributed by atoms with van der Waals surface area (Å²) < 4.78 is 4.88. The summed E-state index contributed by atoms with van der Waals surface area (Å²) in [6.07, 6.45) is 12.7. The van der Waals surface area contributed by atoms with Crippen molar-refractivity contribution in [3.05, 3.63) is 23.4 Å². The van der Waals surface area contributed by atoms with Crippen molar-refractivity contribution >= 4 is 5.97 Å². The van der Waals surface area contributed by atoms with Crippen LogP contribution in [0, 0.1) is 6.57 Å². The van der Waals surface area contributed by atoms with Crippen LogP contribution in [-0.4, -0.2) is 17.7 Å². The molecule has 1 N–H and O–H groups in total. The van der Waals surface area contributed by atoms with Gasteiger partial charge in [0.25, 0.3) is 0 Å². The standard InChI is InChI=1S/C16H27NO3/c1-3-4-5-6-7-8-9-10-11-12-13-20-16(19)15(14-18)17-2/h14,18H,3-13H2,1H3/b15-14+. The molecular formula is C16H27NO3. The molecule has 0 bridgehead atoms. The summed E-state index contributed by atoms with van der Waals surface area (Å²) in [6.45, 7) is 9.19. The fraction of sp³-hybridized carbons (Fsp3) is 0.750. The first kappa shape index (κ1) is 18.5. The van der Waals surface area contributed by atoms with Crippen LogP contribution in [0.25, 0.3) is 4.85 Å². The Morgan fingerprint density at radius 2 is 1.55 bits per heavy atom. The zero-order valence-corrected chi connectivity index (χ0v) is 12.6. The van der Waals surface area contributed by atoms with Gasteiger partial charge < -0.3 is 9.84 Å². The van der Waals surface area contributed by atoms with E-state index in [2.05, 4.69) is 11.8 Å². The molecule has 0 rings (SSSR count). The molecule has 0 saturated heterocycles. The number of hydrogen-bond acceptors (Lipinski definition) is 3. The number of carbonyl (C=O) groups excluding carboxylic acids is 1. The second-order valence-electron chi connectivity index (χ2n) is 4.94. The fourth-order valence-corrected chi connectivity index (χ4v) is 1.96. The van der Waals surface area contributed by atoms with Crippen LogP contribution in [0.1, 0.15) is 71.1 Å². The lowest BCUT2D eigenvalue weighted by Crippen LogP contribution is -2.07. The van der Waals surface area contributed by atoms with Crippen molar-refractivity contribution in [2.75, 3.05) is 6.61 Å². The number of aliphatic hydroxyl groups is 1. The number of nitrogens with zero attached hydrogens (tertiary/aromatic N) is 1. The summed E-state index contributed by atoms with van der Waals surface area (Å²) in [7, 11) is 0. The second-order valence-corrected chi connectivity index (χ2v) is 4.94. The molecule has 114 valence electrons. The van der Waals surface area contributed by atoms with E-state index >= 15 is 0 Å². The average Bonchev–Trinajstić information content (AvgIpc) is 2.46. The first-order valence-corrected chi connectivity index (χ1v) is 7.65. The van der Waals surface area contributed by atoms with E-state index < -0.39 is 5.97 Å². The Bertz CT molecular complexity index is 318. The van der Waals surface area contributed by atoms with E-state index in [-0.39, 0.29) is 5.70 Å². The molecule has 0 aromatic carbocycles. The van der Waals surface area contributed by atoms with Gasteiger partial charge in [0.15, 0.2) is 0 Å². The minimum atomic E-state index is -0.738. The lowest BCUT2D eigenvalue weighted by atomic mass is 10.1. The molecule has 0 unspecified atom stereocenters. The minimum absolute atomic E-state index is 0.322. The van der Waals surface area contributed by atoms with Crippen molar-refractivity contribution in [2.24, 2.45) is 0 Å². The van der Waals surface area contributed by atoms with Gasteiger partial charge in [-0.05, 0) is 6.42 Å². The normalized spacial score (nSPS) is 11.1. The van der Waals surface area contributed by atoms with Gasteiger partial charge >= 0.3 is 11.7 Å². The van der Waals surface area contributed by atoms with Crippen LogP contribution >= 0.6 is 0 Å². The summed E-state index contributed by atoms with van der Waals surface area (Å²) >= 11 is 0. The van der Waals surface area contributed by atoms with Gasteiger partial charge in [0.05, 0.1) is 19.4 Å². The second kappa shape index (κ2) is 13.9. The quantitative estimate of drug-likeness (QED) is 0.184. The van der Waals surface area contributed by atoms with E-state index in [4.69, 9.17) is 16.4 Å². The SMILES string of the molecule is [C-]#[N+]/C(=C/O)C(=O)OCCCCCCCCCCCC. The van der Waals surface area contributed by atoms with E-state index in [1.165, 1.54) is 44.9 Å². The summed E-state index contributed by atoms with van der Waals surface area (Å²) in [4.78, 5) is 14.1. The molecule has 0 atom stereocenters. The van der Waals surface area contributed by atoms with Crippen LogP contribution in [0.4, 0.5) is 0 Å². The van der Waals surface area contributed by atoms with Crippen LogP contribution < -0.4 is 0 Å². The Morgan fingerprint density at radius 3 is 2.00 bits per heavy atom. The molecule has 0 heterocycles. The van der Waals surface area contributed by atoms with Gasteiger partial charge in [-0.15, -0.1) is 0 Å². The van der Waals surface area contributed by atoms with Gasteiger partial charge in [0.1, 0.15) is 0 Å². The molecule has 0 radical (unpaired) electrons. The van der Waals surface area contributed by atoms with Crippen LogP contribution in [0.15, 0.2) is 12.0 Å². The molecule has 20 heavy (non-hydrogen) atoms. The van der Waals surface area contributed by atoms with Crippen LogP contribution in [-0.2, 0) is 9.53 Å². The number of esters is 1. The first-order valence-electron chi connectivity index (χ1n) is 7.65. The highest BCUT2D eigenvalue weighted by molar-refractivity contribution is 5.89. The molecule has 0 aliphatic carbocycles. The Hall–Kier alpha value is -1.50. The van der Waals surface area contributed by atoms with Gasteiger partial charge in [-0.3, -0.25) is 4.79 Å². The van der Waals surface area contributed by atoms with Gasteiger partial charge in [-0.1, -0.05) is 64.7 Å². The number of rotatable bonds is 12. The predicted octanol–water partition coefficient (Wildman–Crippen LogP) is 4.77. The van der Waals surface area contributed by atoms with Crippen molar-refractivity contribution in [3.8, 4) is 0 Å². The van der Waals surface area contributed by atoms with Crippen molar-refractivity contribution < 1.29 is 14.6 Å². The topological polar surface area (TPSA) is 50.9 Å². The van der Waals surface area contributed by atoms with E-state index in [0.29, 0.717) is 12.9 Å². The van der Waals surface area contributed by atoms with E-state index in [9.17, 15) is 4.79 Å². The molecule has 0 fully saturated rings. The van der Waals surface area contributed by atoms with Crippen molar-refractivity contribution in [2.45, 2.75) is 71.1 Å². The van der Waals surface area contributed by atoms with Gasteiger partial charge in [0.2, 0.25) is 0 Å². The molecule has 0 aromatic heterocycles. The Labute approximate surface area is 122 Å². The zero-order valence-electron chi connectivity index (χ0n) is 12.6. The third-order valence-corrected chi connectivity index (χ3v) is 3.18. The fourth-order valence-electron chi connectivity index (χ4n) is 1.96. The molecule has 0 saturated carbocycles. The Balaban J connectivity index is 3.29. The van der Waals surface area contributed by atoms with Gasteiger partial charge in [-0.2, -0.15) is 0 Å². The lowest BCUT2D eigenvalue weighted by Gasteiger charge is -2.04. The van der Waals surface area contributed by atoms with Crippen molar-refractivity contribution in [1.82, 2.24) is 0 Å². The number of ether oxygens (including phenoxy) is 1. The number of hydrogen-bond donors (Lipinski definition) is 1. The van der Waals surface area contributed by atoms with Crippen molar-refractivity contribution in [1.29, 1.82) is 0 Å². The number of unbranched alkanes of at least 4 members (excludes halogenated alkanes) is 9. The number of aliphatic hydroxyl groups excluding tert-OH is 1. The highest BCUT2D eigenvalue weighted by Crippen LogP contribution is 2.10. The maximum atomic E-state index is 11.2. The molecule has 0 aromatic rings. The highest BCUT2D eigenvalue weighted by atomic mass is 16.5. The molecule has 0 amide bonds. The van der Waals surface area contributed by atoms with Gasteiger partial charge in [-0.25, -0.2) is 4.85 Å². The molecule has 0 aliphatic heterocycles. The maximum Gasteiger partial charge on any atom is 0.339 e. The predicted molar refractivity (Wildman–Crippen MR) is 80.1 cm³/mol. The minimum Gasteiger partial charge on any atom is -0.526 e. The lowest BCUT2D eigenvalue weighted by molar-refractivity contribution is -0.138. The number of carbonyl (C=O) groups is 1. The van der Waals surface area contributed by atoms with Crippen LogP contribution in [0.5, 0.6) is 0 Å². The average molecular weight is 281 g/mol. The molecule has 4 heteroatoms. The summed E-state index contributed by atoms with van der Waals surface area (Å²) in [5.41, 5.74) is -0.364. The largest absolute Gasteiger partial charge is 0.526 e. The van der Waals surface area contributed by atoms with E-state index in [1.54, 1.807) is 0 Å². The Kier molecular flexibility index (Phi) is 12.9. The smallest absolute Gasteiger partial charge is 0.339 e. The maximum absolute atomic E-state index is 11.2.